The Morgan fingerprint density at radius 1 is 1.53 bits per heavy atom. The van der Waals surface area contributed by atoms with E-state index in [1.54, 1.807) is 38.4 Å². The van der Waals surface area contributed by atoms with Crippen molar-refractivity contribution in [1.29, 1.82) is 5.26 Å². The van der Waals surface area contributed by atoms with Crippen molar-refractivity contribution in [3.8, 4) is 6.07 Å². The normalized spacial score (nSPS) is 9.40. The molecule has 1 rings (SSSR count). The number of para-hydroxylation sites is 1. The van der Waals surface area contributed by atoms with Crippen molar-refractivity contribution in [2.45, 2.75) is 0 Å². The van der Waals surface area contributed by atoms with Crippen LogP contribution in [0.4, 0.5) is 5.69 Å². The van der Waals surface area contributed by atoms with Crippen molar-refractivity contribution in [3.05, 3.63) is 29.8 Å². The van der Waals surface area contributed by atoms with E-state index in [9.17, 15) is 4.79 Å². The highest BCUT2D eigenvalue weighted by Gasteiger charge is 2.12. The summed E-state index contributed by atoms with van der Waals surface area (Å²) in [5.74, 6) is -0.0693. The molecule has 0 aliphatic carbocycles. The molecule has 0 heterocycles. The molecular weight excluding hydrogens is 190 g/mol. The number of anilines is 1. The van der Waals surface area contributed by atoms with Gasteiger partial charge in [-0.2, -0.15) is 5.26 Å². The lowest BCUT2D eigenvalue weighted by atomic mass is 10.2. The van der Waals surface area contributed by atoms with E-state index in [0.717, 1.165) is 0 Å². The zero-order valence-electron chi connectivity index (χ0n) is 8.82. The number of amides is 1. The summed E-state index contributed by atoms with van der Waals surface area (Å²) in [6.07, 6.45) is 0. The van der Waals surface area contributed by atoms with Crippen LogP contribution < -0.4 is 10.2 Å². The van der Waals surface area contributed by atoms with Crippen LogP contribution in [0, 0.1) is 11.3 Å². The second-order valence-electron chi connectivity index (χ2n) is 3.11. The van der Waals surface area contributed by atoms with E-state index in [0.29, 0.717) is 11.3 Å². The van der Waals surface area contributed by atoms with Crippen molar-refractivity contribution in [2.75, 3.05) is 25.5 Å². The van der Waals surface area contributed by atoms with Crippen LogP contribution in [0.2, 0.25) is 0 Å². The Hall–Kier alpha value is -1.86. The van der Waals surface area contributed by atoms with E-state index in [2.05, 4.69) is 11.4 Å². The van der Waals surface area contributed by atoms with Gasteiger partial charge < -0.3 is 10.2 Å². The van der Waals surface area contributed by atoms with E-state index in [1.807, 2.05) is 0 Å². The number of nitriles is 1. The van der Waals surface area contributed by atoms with Crippen molar-refractivity contribution >= 4 is 11.6 Å². The van der Waals surface area contributed by atoms with Gasteiger partial charge in [0.05, 0.1) is 17.8 Å². The lowest BCUT2D eigenvalue weighted by molar-refractivity contribution is -0.117. The first-order chi connectivity index (χ1) is 7.20. The molecule has 1 aromatic carbocycles. The zero-order chi connectivity index (χ0) is 11.3. The summed E-state index contributed by atoms with van der Waals surface area (Å²) in [4.78, 5) is 13.0. The monoisotopic (exact) mass is 203 g/mol. The molecule has 0 saturated carbocycles. The van der Waals surface area contributed by atoms with E-state index < -0.39 is 0 Å². The fraction of sp³-hybridized carbons (Fsp3) is 0.273. The average Bonchev–Trinajstić information content (AvgIpc) is 2.28. The molecule has 0 saturated heterocycles. The Bertz CT molecular complexity index is 395. The van der Waals surface area contributed by atoms with Crippen LogP contribution in [0.5, 0.6) is 0 Å². The van der Waals surface area contributed by atoms with Crippen LogP contribution in [-0.4, -0.2) is 26.5 Å². The molecule has 0 atom stereocenters. The lowest BCUT2D eigenvalue weighted by Gasteiger charge is -2.18. The SMILES string of the molecule is CNCC(=O)N(C)c1ccccc1C#N. The number of carbonyl (C=O) groups is 1. The van der Waals surface area contributed by atoms with Crippen molar-refractivity contribution in [2.24, 2.45) is 0 Å². The molecule has 0 unspecified atom stereocenters. The molecule has 0 radical (unpaired) electrons. The highest BCUT2D eigenvalue weighted by Crippen LogP contribution is 2.17. The Balaban J connectivity index is 2.96. The standard InChI is InChI=1S/C11H13N3O/c1-13-8-11(15)14(2)10-6-4-3-5-9(10)7-12/h3-6,13H,8H2,1-2H3. The minimum absolute atomic E-state index is 0.0693. The predicted octanol–water partition coefficient (Wildman–Crippen LogP) is 0.740. The van der Waals surface area contributed by atoms with Crippen LogP contribution in [0.15, 0.2) is 24.3 Å². The third-order valence-electron chi connectivity index (χ3n) is 2.09. The van der Waals surface area contributed by atoms with Gasteiger partial charge in [-0.15, -0.1) is 0 Å². The van der Waals surface area contributed by atoms with Crippen molar-refractivity contribution < 1.29 is 4.79 Å². The van der Waals surface area contributed by atoms with Gasteiger partial charge in [0.15, 0.2) is 0 Å². The summed E-state index contributed by atoms with van der Waals surface area (Å²) in [6, 6.07) is 9.09. The Morgan fingerprint density at radius 3 is 2.80 bits per heavy atom. The number of benzene rings is 1. The summed E-state index contributed by atoms with van der Waals surface area (Å²) in [5.41, 5.74) is 1.14. The number of likely N-dealkylation sites (N-methyl/N-ethyl adjacent to an activating group) is 2. The maximum Gasteiger partial charge on any atom is 0.240 e. The lowest BCUT2D eigenvalue weighted by Crippen LogP contribution is -2.34. The maximum absolute atomic E-state index is 11.6. The van der Waals surface area contributed by atoms with Crippen LogP contribution in [-0.2, 0) is 4.79 Å². The van der Waals surface area contributed by atoms with Crippen LogP contribution in [0.1, 0.15) is 5.56 Å². The summed E-state index contributed by atoms with van der Waals surface area (Å²) < 4.78 is 0. The average molecular weight is 203 g/mol. The third-order valence-corrected chi connectivity index (χ3v) is 2.09. The first-order valence-corrected chi connectivity index (χ1v) is 4.61. The van der Waals surface area contributed by atoms with E-state index in [4.69, 9.17) is 5.26 Å². The van der Waals surface area contributed by atoms with Gasteiger partial charge in [-0.3, -0.25) is 4.79 Å². The van der Waals surface area contributed by atoms with Crippen LogP contribution in [0.25, 0.3) is 0 Å². The third kappa shape index (κ3) is 2.55. The molecule has 1 aromatic rings. The number of carbonyl (C=O) groups excluding carboxylic acids is 1. The van der Waals surface area contributed by atoms with E-state index in [1.165, 1.54) is 4.90 Å². The van der Waals surface area contributed by atoms with E-state index >= 15 is 0 Å². The second kappa shape index (κ2) is 5.13. The Labute approximate surface area is 89.1 Å². The molecule has 0 spiro atoms. The number of nitrogens with one attached hydrogen (secondary N) is 1. The highest BCUT2D eigenvalue weighted by atomic mass is 16.2. The molecule has 0 fully saturated rings. The fourth-order valence-corrected chi connectivity index (χ4v) is 1.26. The molecule has 0 aliphatic rings. The predicted molar refractivity (Wildman–Crippen MR) is 58.5 cm³/mol. The van der Waals surface area contributed by atoms with Gasteiger partial charge in [0.2, 0.25) is 5.91 Å². The quantitative estimate of drug-likeness (QED) is 0.788. The van der Waals surface area contributed by atoms with Gasteiger partial charge >= 0.3 is 0 Å². The first-order valence-electron chi connectivity index (χ1n) is 4.61. The molecule has 0 aromatic heterocycles. The second-order valence-corrected chi connectivity index (χ2v) is 3.11. The Morgan fingerprint density at radius 2 is 2.20 bits per heavy atom. The molecule has 15 heavy (non-hydrogen) atoms. The minimum Gasteiger partial charge on any atom is -0.313 e. The fourth-order valence-electron chi connectivity index (χ4n) is 1.26. The molecule has 1 N–H and O–H groups in total. The van der Waals surface area contributed by atoms with Gasteiger partial charge in [-0.1, -0.05) is 12.1 Å². The summed E-state index contributed by atoms with van der Waals surface area (Å²) >= 11 is 0. The smallest absolute Gasteiger partial charge is 0.240 e. The van der Waals surface area contributed by atoms with Gasteiger partial charge in [0, 0.05) is 7.05 Å². The topological polar surface area (TPSA) is 56.1 Å². The van der Waals surface area contributed by atoms with Gasteiger partial charge in [-0.25, -0.2) is 0 Å². The molecule has 1 amide bonds. The van der Waals surface area contributed by atoms with Crippen LogP contribution in [0.3, 0.4) is 0 Å². The zero-order valence-corrected chi connectivity index (χ0v) is 8.82. The highest BCUT2D eigenvalue weighted by molar-refractivity contribution is 5.95. The van der Waals surface area contributed by atoms with Gasteiger partial charge in [0.1, 0.15) is 6.07 Å². The van der Waals surface area contributed by atoms with Gasteiger partial charge in [-0.05, 0) is 19.2 Å². The molecule has 0 aliphatic heterocycles. The molecule has 0 bridgehead atoms. The summed E-state index contributed by atoms with van der Waals surface area (Å²) in [5, 5.41) is 11.7. The van der Waals surface area contributed by atoms with Crippen LogP contribution >= 0.6 is 0 Å². The van der Waals surface area contributed by atoms with E-state index in [-0.39, 0.29) is 12.5 Å². The molecule has 78 valence electrons. The molecule has 4 nitrogen and oxygen atoms in total. The maximum atomic E-state index is 11.6. The van der Waals surface area contributed by atoms with Gasteiger partial charge in [0.25, 0.3) is 0 Å². The number of nitrogens with zero attached hydrogens (tertiary/aromatic N) is 2. The summed E-state index contributed by atoms with van der Waals surface area (Å²) in [6.45, 7) is 0.260. The van der Waals surface area contributed by atoms with Crippen molar-refractivity contribution in [3.63, 3.8) is 0 Å². The molecular formula is C11H13N3O. The number of hydrogen-bond donors (Lipinski definition) is 1. The number of hydrogen-bond acceptors (Lipinski definition) is 3. The van der Waals surface area contributed by atoms with Crippen molar-refractivity contribution in [1.82, 2.24) is 5.32 Å². The minimum atomic E-state index is -0.0693. The summed E-state index contributed by atoms with van der Waals surface area (Å²) in [7, 11) is 3.37. The number of rotatable bonds is 3. The molecule has 4 heteroatoms. The Kier molecular flexibility index (Phi) is 3.83. The first kappa shape index (κ1) is 11.2. The largest absolute Gasteiger partial charge is 0.313 e.